The lowest BCUT2D eigenvalue weighted by atomic mass is 9.74. The van der Waals surface area contributed by atoms with Crippen LogP contribution >= 0.6 is 0 Å². The van der Waals surface area contributed by atoms with Crippen molar-refractivity contribution in [2.75, 3.05) is 78.9 Å². The van der Waals surface area contributed by atoms with Gasteiger partial charge in [0.1, 0.15) is 146 Å². The number of amides is 4. The van der Waals surface area contributed by atoms with Crippen molar-refractivity contribution in [3.63, 3.8) is 0 Å². The van der Waals surface area contributed by atoms with Gasteiger partial charge in [-0.3, -0.25) is 28.8 Å². The molecular weight excluding hydrogens is 1650 g/mol. The van der Waals surface area contributed by atoms with Gasteiger partial charge in [0.05, 0.1) is 102 Å². The number of aliphatic hydroxyl groups is 10. The zero-order valence-corrected chi connectivity index (χ0v) is 73.5. The lowest BCUT2D eigenvalue weighted by Crippen LogP contribution is -2.68. The number of carbonyl (C=O) groups excluding carboxylic acids is 6. The van der Waals surface area contributed by atoms with Crippen molar-refractivity contribution in [2.24, 2.45) is 47.0 Å². The van der Waals surface area contributed by atoms with E-state index in [1.165, 1.54) is 21.8 Å². The maximum absolute atomic E-state index is 14.7. The lowest BCUT2D eigenvalue weighted by Gasteiger charge is -2.49. The van der Waals surface area contributed by atoms with Gasteiger partial charge >= 0.3 is 0 Å². The summed E-state index contributed by atoms with van der Waals surface area (Å²) in [4.78, 5) is 89.9. The number of likely N-dealkylation sites (tertiary alicyclic amines) is 2. The Labute approximate surface area is 736 Å². The summed E-state index contributed by atoms with van der Waals surface area (Å²) in [6, 6.07) is -2.78. The first-order valence-corrected chi connectivity index (χ1v) is 46.5. The number of Topliss-reactive ketones (excluding diaryl/α,β-unsaturated/α-hetero) is 2. The third kappa shape index (κ3) is 25.9. The van der Waals surface area contributed by atoms with E-state index in [-0.39, 0.29) is 112 Å². The minimum atomic E-state index is -1.63. The van der Waals surface area contributed by atoms with Gasteiger partial charge in [0, 0.05) is 50.9 Å². The SMILES string of the molecule is CCC1CC(C(=O)CCCN)C[C@@H](O[C@@H]2O[C@@H](CO)[C@H](O)C(O[C@@H](CC3CCCCC3)C(=O)N3CCC3)C2NC(=O)Cn2cc(COCCOCc3cn(CC(=O)NC4C(O[C@@H](CC5CCCCC5)C(=O)N5CCC5)[C@@H](O)[C@H](CO)O[C@H]4O[C@@H]4CC(C(=O)CCCN)CC(CC)[C@H]4OC[C@@H]4OC(C)[C@@H](O)[C@H](O)C4O)nn3)nn2)[C@@H]1OC[C@@H]1OC(C)[C@@H](O)[C@H](O)C1O. The van der Waals surface area contributed by atoms with Crippen LogP contribution in [0.2, 0.25) is 0 Å². The van der Waals surface area contributed by atoms with Crippen molar-refractivity contribution < 1.29 is 137 Å². The Morgan fingerprint density at radius 3 is 1.23 bits per heavy atom. The standard InChI is InChI=1S/C86H142N12O28/c1-5-51-33-53(57(101)21-13-23-87)35-59(79(51)117-45-65-73(107)77(111)71(105)47(3)119-65)123-85-69(81(75(109)63(41-99)125-85)121-61(83(113)95-25-15-26-95)31-49-17-9-7-10-18-49)89-67(103)39-97-37-55(91-93-97)43-115-29-30-116-44-56-38-98(94-92-56)40-68(104)90-70-82(122-62(84(114)96-27-16-28-96)32-50-19-11-8-12-20-50)76(110)64(42-100)126-86(70)124-60-36-54(58(102)22-14-24-88)34-52(6-2)80(60)118-46-66-74(108)78(112)72(106)48(4)120-66/h37-38,47-54,59-66,69-82,85-86,99-100,105-112H,5-36,39-46,87-88H2,1-4H3,(H,89,103)(H,90,104)/t47?,48?,51?,52?,53?,54?,59-,60-,61+,62+,63+,64+,65+,66+,69?,70?,71-,72-,73?,74?,75+,76+,77+,78+,79-,80-,81?,82?,85-,86-/m1/s1. The van der Waals surface area contributed by atoms with Crippen LogP contribution in [0.3, 0.4) is 0 Å². The summed E-state index contributed by atoms with van der Waals surface area (Å²) < 4.78 is 80.3. The fourth-order valence-electron chi connectivity index (χ4n) is 19.9. The molecule has 10 fully saturated rings. The van der Waals surface area contributed by atoms with Crippen molar-refractivity contribution in [1.82, 2.24) is 50.4 Å². The predicted octanol–water partition coefficient (Wildman–Crippen LogP) is -1.59. The molecule has 0 spiro atoms. The molecule has 30 atom stereocenters. The van der Waals surface area contributed by atoms with Crippen LogP contribution in [-0.2, 0) is 112 Å². The molecule has 40 heteroatoms. The third-order valence-corrected chi connectivity index (χ3v) is 27.6. The molecule has 6 aliphatic heterocycles. The number of nitrogens with zero attached hydrogens (tertiary/aromatic N) is 8. The van der Waals surface area contributed by atoms with Crippen LogP contribution in [0.4, 0.5) is 0 Å². The van der Waals surface area contributed by atoms with Crippen LogP contribution in [0.5, 0.6) is 0 Å². The van der Waals surface area contributed by atoms with Gasteiger partial charge in [0.25, 0.3) is 11.8 Å². The van der Waals surface area contributed by atoms with E-state index in [0.29, 0.717) is 102 Å². The first-order chi connectivity index (χ1) is 60.8. The largest absolute Gasteiger partial charge is 0.394 e. The van der Waals surface area contributed by atoms with Crippen LogP contribution in [0.15, 0.2) is 12.4 Å². The molecule has 40 nitrogen and oxygen atoms in total. The number of nitrogens with two attached hydrogens (primary N) is 2. The molecular formula is C86H142N12O28. The highest BCUT2D eigenvalue weighted by molar-refractivity contribution is 5.83. The van der Waals surface area contributed by atoms with Crippen molar-refractivity contribution in [1.29, 1.82) is 0 Å². The first kappa shape index (κ1) is 99.6. The van der Waals surface area contributed by atoms with Crippen molar-refractivity contribution in [3.8, 4) is 0 Å². The Morgan fingerprint density at radius 2 is 0.881 bits per heavy atom. The molecule has 16 N–H and O–H groups in total. The number of rotatable bonds is 45. The Bertz CT molecular complexity index is 3460. The molecule has 10 aliphatic rings. The topological polar surface area (TPSA) is 559 Å². The minimum Gasteiger partial charge on any atom is -0.394 e. The maximum atomic E-state index is 14.7. The molecule has 8 heterocycles. The summed E-state index contributed by atoms with van der Waals surface area (Å²) in [6.07, 6.45) is -12.3. The molecule has 12 unspecified atom stereocenters. The van der Waals surface area contributed by atoms with Crippen molar-refractivity contribution >= 4 is 35.2 Å². The highest BCUT2D eigenvalue weighted by atomic mass is 16.7. The Morgan fingerprint density at radius 1 is 0.492 bits per heavy atom. The van der Waals surface area contributed by atoms with Gasteiger partial charge in [-0.25, -0.2) is 9.36 Å². The maximum Gasteiger partial charge on any atom is 0.251 e. The Hall–Kier alpha value is -5.46. The molecule has 12 rings (SSSR count). The monoisotopic (exact) mass is 1790 g/mol. The van der Waals surface area contributed by atoms with Crippen LogP contribution in [0.1, 0.15) is 193 Å². The molecule has 0 bridgehead atoms. The highest BCUT2D eigenvalue weighted by Crippen LogP contribution is 2.43. The number of nitrogens with one attached hydrogen (secondary N) is 2. The van der Waals surface area contributed by atoms with Crippen LogP contribution in [0, 0.1) is 35.5 Å². The van der Waals surface area contributed by atoms with E-state index in [9.17, 15) is 79.8 Å². The number of ether oxygens (including phenoxy) is 12. The fourth-order valence-corrected chi connectivity index (χ4v) is 19.9. The minimum absolute atomic E-state index is 0.0411. The smallest absolute Gasteiger partial charge is 0.251 e. The summed E-state index contributed by atoms with van der Waals surface area (Å²) in [5.74, 6) is -3.47. The third-order valence-electron chi connectivity index (χ3n) is 27.6. The fraction of sp³-hybridized carbons (Fsp3) is 0.884. The molecule has 0 aromatic carbocycles. The van der Waals surface area contributed by atoms with E-state index in [1.54, 1.807) is 23.6 Å². The average molecular weight is 1790 g/mol. The Balaban J connectivity index is 0.706. The molecule has 6 saturated heterocycles. The summed E-state index contributed by atoms with van der Waals surface area (Å²) >= 11 is 0. The normalized spacial score (nSPS) is 35.9. The molecule has 714 valence electrons. The second-order valence-corrected chi connectivity index (χ2v) is 36.6. The number of aliphatic hydroxyl groups excluding tert-OH is 10. The highest BCUT2D eigenvalue weighted by Gasteiger charge is 2.56. The molecule has 4 amide bonds. The van der Waals surface area contributed by atoms with Crippen LogP contribution in [-0.4, -0.2) is 364 Å². The van der Waals surface area contributed by atoms with E-state index in [1.807, 2.05) is 13.8 Å². The number of aromatic nitrogens is 6. The summed E-state index contributed by atoms with van der Waals surface area (Å²) in [6.45, 7) is 6.71. The van der Waals surface area contributed by atoms with Gasteiger partial charge in [-0.2, -0.15) is 0 Å². The van der Waals surface area contributed by atoms with E-state index < -0.39 is 209 Å². The lowest BCUT2D eigenvalue weighted by molar-refractivity contribution is -0.308. The molecule has 126 heavy (non-hydrogen) atoms. The van der Waals surface area contributed by atoms with Gasteiger partial charge in [-0.15, -0.1) is 10.2 Å². The number of hydrogen-bond acceptors (Lipinski definition) is 34. The van der Waals surface area contributed by atoms with Gasteiger partial charge < -0.3 is 140 Å². The molecule has 0 radical (unpaired) electrons. The van der Waals surface area contributed by atoms with Gasteiger partial charge in [0.15, 0.2) is 12.6 Å². The van der Waals surface area contributed by atoms with Gasteiger partial charge in [-0.1, -0.05) is 101 Å². The van der Waals surface area contributed by atoms with Crippen LogP contribution in [0.25, 0.3) is 0 Å². The van der Waals surface area contributed by atoms with E-state index in [4.69, 9.17) is 68.3 Å². The summed E-state index contributed by atoms with van der Waals surface area (Å²) in [7, 11) is 0. The molecule has 4 aliphatic carbocycles. The predicted molar refractivity (Wildman–Crippen MR) is 442 cm³/mol. The summed E-state index contributed by atoms with van der Waals surface area (Å²) in [5, 5.41) is 134. The van der Waals surface area contributed by atoms with E-state index in [0.717, 1.165) is 77.0 Å². The zero-order chi connectivity index (χ0) is 89.8. The molecule has 2 aromatic heterocycles. The summed E-state index contributed by atoms with van der Waals surface area (Å²) in [5.41, 5.74) is 12.4. The van der Waals surface area contributed by atoms with Gasteiger partial charge in [0.2, 0.25) is 11.8 Å². The van der Waals surface area contributed by atoms with E-state index >= 15 is 0 Å². The number of ketones is 2. The average Bonchev–Trinajstić information content (AvgIpc) is 0.835. The van der Waals surface area contributed by atoms with Gasteiger partial charge in [-0.05, 0) is 115 Å². The zero-order valence-electron chi connectivity index (χ0n) is 73.5. The Kier molecular flexibility index (Phi) is 38.1. The molecule has 2 aromatic rings. The number of carbonyl (C=O) groups is 6. The second kappa shape index (κ2) is 48.3. The van der Waals surface area contributed by atoms with E-state index in [2.05, 4.69) is 31.3 Å². The first-order valence-electron chi connectivity index (χ1n) is 46.5. The second-order valence-electron chi connectivity index (χ2n) is 36.6. The quantitative estimate of drug-likeness (QED) is 0.0333. The van der Waals surface area contributed by atoms with Crippen molar-refractivity contribution in [3.05, 3.63) is 23.8 Å². The van der Waals surface area contributed by atoms with Crippen LogP contribution < -0.4 is 22.1 Å². The molecule has 4 saturated carbocycles. The van der Waals surface area contributed by atoms with Crippen molar-refractivity contribution in [2.45, 2.75) is 367 Å². The number of hydrogen-bond donors (Lipinski definition) is 14.